The van der Waals surface area contributed by atoms with Crippen LogP contribution in [0.2, 0.25) is 0 Å². The molecular formula is C73H47N. The fourth-order valence-corrected chi connectivity index (χ4v) is 12.9. The summed E-state index contributed by atoms with van der Waals surface area (Å²) in [6.07, 6.45) is 0. The molecule has 0 amide bonds. The first-order valence-corrected chi connectivity index (χ1v) is 25.7. The van der Waals surface area contributed by atoms with Gasteiger partial charge in [0.1, 0.15) is 0 Å². The summed E-state index contributed by atoms with van der Waals surface area (Å²) in [7, 11) is 0. The Balaban J connectivity index is 0.998. The number of fused-ring (bicyclic) bond motifs is 17. The standard InChI is InChI=1S/C73H47N/c1-5-21-48(22-6-1)52-43-53(49-23-7-2-8-24-49)45-54(44-52)65-47-66-59-30-14-16-33-63(59)70-64-34-18-20-36-68(64)73(72(70)71(66)62-32-15-13-29-58(62)65)67-35-19-17-31-60(67)61-42-39-51(46-69(61)73)50-37-40-57(41-38-50)74(55-25-9-3-10-26-55)56-27-11-4-12-28-56/h1-47H. The maximum atomic E-state index is 2.53. The summed E-state index contributed by atoms with van der Waals surface area (Å²) in [5, 5.41) is 7.64. The normalized spacial score (nSPS) is 14.0. The van der Waals surface area contributed by atoms with E-state index >= 15 is 0 Å². The van der Waals surface area contributed by atoms with Gasteiger partial charge in [0.05, 0.1) is 5.41 Å². The fraction of sp³-hybridized carbons (Fsp3) is 0.0137. The Bertz CT molecular complexity index is 4230. The molecule has 0 N–H and O–H groups in total. The monoisotopic (exact) mass is 937 g/mol. The van der Waals surface area contributed by atoms with E-state index in [1.54, 1.807) is 0 Å². The molecule has 344 valence electrons. The number of benzene rings is 13. The minimum atomic E-state index is -0.606. The number of rotatable bonds is 7. The molecule has 1 nitrogen and oxygen atoms in total. The average Bonchev–Trinajstić information content (AvgIpc) is 4.14. The topological polar surface area (TPSA) is 3.24 Å². The molecule has 2 aliphatic rings. The van der Waals surface area contributed by atoms with Crippen LogP contribution in [-0.2, 0) is 5.41 Å². The Morgan fingerprint density at radius 1 is 0.230 bits per heavy atom. The van der Waals surface area contributed by atoms with Crippen LogP contribution in [0.4, 0.5) is 17.1 Å². The molecule has 1 unspecified atom stereocenters. The van der Waals surface area contributed by atoms with Gasteiger partial charge in [0.2, 0.25) is 0 Å². The van der Waals surface area contributed by atoms with Crippen molar-refractivity contribution in [1.29, 1.82) is 0 Å². The molecule has 2 aliphatic carbocycles. The zero-order chi connectivity index (χ0) is 48.7. The number of nitrogens with zero attached hydrogens (tertiary/aromatic N) is 1. The molecule has 13 aromatic rings. The molecule has 0 radical (unpaired) electrons. The van der Waals surface area contributed by atoms with Crippen LogP contribution >= 0.6 is 0 Å². The van der Waals surface area contributed by atoms with Gasteiger partial charge in [-0.15, -0.1) is 0 Å². The van der Waals surface area contributed by atoms with Crippen molar-refractivity contribution < 1.29 is 0 Å². The SMILES string of the molecule is c1ccc(-c2cc(-c3ccccc3)cc(-c3cc4c5ccccc5c5c(c4c4ccccc34)C3(c4ccccc4-c4ccc(-c6ccc(N(c7ccccc7)c7ccccc7)cc6)cc43)c3ccccc3-5)c2)cc1. The average molecular weight is 938 g/mol. The van der Waals surface area contributed by atoms with Gasteiger partial charge in [0.15, 0.2) is 0 Å². The van der Waals surface area contributed by atoms with E-state index < -0.39 is 5.41 Å². The quantitative estimate of drug-likeness (QED) is 0.144. The Labute approximate surface area is 431 Å². The highest BCUT2D eigenvalue weighted by atomic mass is 15.1. The zero-order valence-electron chi connectivity index (χ0n) is 40.6. The molecule has 0 fully saturated rings. The highest BCUT2D eigenvalue weighted by Gasteiger charge is 2.53. The minimum absolute atomic E-state index is 0.606. The van der Waals surface area contributed by atoms with Crippen LogP contribution in [-0.4, -0.2) is 0 Å². The molecule has 0 aliphatic heterocycles. The van der Waals surface area contributed by atoms with E-state index in [-0.39, 0.29) is 0 Å². The van der Waals surface area contributed by atoms with Gasteiger partial charge in [-0.05, 0) is 188 Å². The minimum Gasteiger partial charge on any atom is -0.311 e. The molecular weight excluding hydrogens is 891 g/mol. The lowest BCUT2D eigenvalue weighted by Gasteiger charge is -2.32. The van der Waals surface area contributed by atoms with Crippen molar-refractivity contribution in [2.75, 3.05) is 4.90 Å². The second-order valence-electron chi connectivity index (χ2n) is 19.9. The first-order valence-electron chi connectivity index (χ1n) is 25.7. The zero-order valence-corrected chi connectivity index (χ0v) is 40.6. The van der Waals surface area contributed by atoms with Gasteiger partial charge < -0.3 is 4.90 Å². The van der Waals surface area contributed by atoms with E-state index in [9.17, 15) is 0 Å². The van der Waals surface area contributed by atoms with Crippen molar-refractivity contribution >= 4 is 49.4 Å². The third kappa shape index (κ3) is 6.30. The molecule has 0 saturated heterocycles. The molecule has 0 heterocycles. The Morgan fingerprint density at radius 3 is 1.31 bits per heavy atom. The summed E-state index contributed by atoms with van der Waals surface area (Å²) >= 11 is 0. The maximum Gasteiger partial charge on any atom is 0.0732 e. The molecule has 0 aromatic heterocycles. The van der Waals surface area contributed by atoms with E-state index in [4.69, 9.17) is 0 Å². The number of hydrogen-bond donors (Lipinski definition) is 0. The third-order valence-corrected chi connectivity index (χ3v) is 16.0. The molecule has 74 heavy (non-hydrogen) atoms. The summed E-state index contributed by atoms with van der Waals surface area (Å²) < 4.78 is 0. The summed E-state index contributed by atoms with van der Waals surface area (Å²) in [5.74, 6) is 0. The molecule has 15 rings (SSSR count). The highest BCUT2D eigenvalue weighted by molar-refractivity contribution is 6.28. The summed E-state index contributed by atoms with van der Waals surface area (Å²) in [6.45, 7) is 0. The van der Waals surface area contributed by atoms with Crippen molar-refractivity contribution in [3.63, 3.8) is 0 Å². The largest absolute Gasteiger partial charge is 0.311 e. The van der Waals surface area contributed by atoms with E-state index in [2.05, 4.69) is 290 Å². The van der Waals surface area contributed by atoms with Crippen molar-refractivity contribution in [3.05, 3.63) is 307 Å². The predicted molar refractivity (Wildman–Crippen MR) is 312 cm³/mol. The lowest BCUT2D eigenvalue weighted by atomic mass is 9.68. The van der Waals surface area contributed by atoms with Gasteiger partial charge in [-0.1, -0.05) is 218 Å². The van der Waals surface area contributed by atoms with Gasteiger partial charge in [-0.25, -0.2) is 0 Å². The summed E-state index contributed by atoms with van der Waals surface area (Å²) in [4.78, 5) is 2.33. The van der Waals surface area contributed by atoms with E-state index in [0.29, 0.717) is 0 Å². The molecule has 13 aromatic carbocycles. The van der Waals surface area contributed by atoms with E-state index in [0.717, 1.165) is 17.1 Å². The third-order valence-electron chi connectivity index (χ3n) is 16.0. The lowest BCUT2D eigenvalue weighted by molar-refractivity contribution is 0.802. The van der Waals surface area contributed by atoms with Crippen molar-refractivity contribution in [3.8, 4) is 66.8 Å². The van der Waals surface area contributed by atoms with Crippen LogP contribution in [0, 0.1) is 0 Å². The van der Waals surface area contributed by atoms with E-state index in [1.165, 1.54) is 121 Å². The van der Waals surface area contributed by atoms with Crippen molar-refractivity contribution in [2.24, 2.45) is 0 Å². The number of hydrogen-bond acceptors (Lipinski definition) is 1. The first kappa shape index (κ1) is 42.2. The Kier molecular flexibility index (Phi) is 9.55. The highest BCUT2D eigenvalue weighted by Crippen LogP contribution is 2.66. The van der Waals surface area contributed by atoms with Crippen LogP contribution in [0.3, 0.4) is 0 Å². The van der Waals surface area contributed by atoms with Crippen LogP contribution in [0.1, 0.15) is 22.3 Å². The molecule has 1 atom stereocenters. The van der Waals surface area contributed by atoms with Crippen LogP contribution < -0.4 is 4.90 Å². The molecule has 0 bridgehead atoms. The molecule has 1 spiro atoms. The van der Waals surface area contributed by atoms with E-state index in [1.807, 2.05) is 0 Å². The van der Waals surface area contributed by atoms with Crippen molar-refractivity contribution in [1.82, 2.24) is 0 Å². The number of anilines is 3. The Hall–Kier alpha value is -9.56. The lowest BCUT2D eigenvalue weighted by Crippen LogP contribution is -2.26. The predicted octanol–water partition coefficient (Wildman–Crippen LogP) is 19.6. The second kappa shape index (κ2) is 16.8. The fourth-order valence-electron chi connectivity index (χ4n) is 12.9. The van der Waals surface area contributed by atoms with Crippen molar-refractivity contribution in [2.45, 2.75) is 5.41 Å². The molecule has 1 heteroatoms. The smallest absolute Gasteiger partial charge is 0.0732 e. The van der Waals surface area contributed by atoms with Crippen LogP contribution in [0.25, 0.3) is 99.1 Å². The second-order valence-corrected chi connectivity index (χ2v) is 19.9. The Morgan fingerprint density at radius 2 is 0.676 bits per heavy atom. The van der Waals surface area contributed by atoms with Gasteiger partial charge in [0, 0.05) is 17.1 Å². The summed E-state index contributed by atoms with van der Waals surface area (Å²) in [5.41, 5.74) is 23.0. The van der Waals surface area contributed by atoms with Gasteiger partial charge in [0.25, 0.3) is 0 Å². The molecule has 0 saturated carbocycles. The first-order chi connectivity index (χ1) is 36.7. The van der Waals surface area contributed by atoms with Gasteiger partial charge in [-0.3, -0.25) is 0 Å². The maximum absolute atomic E-state index is 2.53. The van der Waals surface area contributed by atoms with Crippen LogP contribution in [0.5, 0.6) is 0 Å². The van der Waals surface area contributed by atoms with Gasteiger partial charge in [-0.2, -0.15) is 0 Å². The van der Waals surface area contributed by atoms with Gasteiger partial charge >= 0.3 is 0 Å². The number of para-hydroxylation sites is 2. The summed E-state index contributed by atoms with van der Waals surface area (Å²) in [6, 6.07) is 106. The van der Waals surface area contributed by atoms with Crippen LogP contribution in [0.15, 0.2) is 285 Å².